The van der Waals surface area contributed by atoms with Crippen LogP contribution in [-0.2, 0) is 14.6 Å². The molecule has 0 radical (unpaired) electrons. The van der Waals surface area contributed by atoms with Gasteiger partial charge in [-0.15, -0.1) is 0 Å². The van der Waals surface area contributed by atoms with Crippen molar-refractivity contribution in [2.45, 2.75) is 17.1 Å². The van der Waals surface area contributed by atoms with Gasteiger partial charge in [0.1, 0.15) is 0 Å². The number of carbonyl (C=O) groups is 1. The Morgan fingerprint density at radius 3 is 2.67 bits per heavy atom. The molecule has 1 atom stereocenters. The second-order valence-electron chi connectivity index (χ2n) is 3.61. The first-order valence-electron chi connectivity index (χ1n) is 5.35. The zero-order chi connectivity index (χ0) is 13.8. The van der Waals surface area contributed by atoms with Gasteiger partial charge in [-0.2, -0.15) is 12.6 Å². The normalized spacial score (nSPS) is 13.0. The highest BCUT2D eigenvalue weighted by atomic mass is 32.2. The fraction of sp³-hybridized carbons (Fsp3) is 0.364. The molecule has 0 aromatic heterocycles. The van der Waals surface area contributed by atoms with Crippen molar-refractivity contribution < 1.29 is 18.3 Å². The molecule has 0 spiro atoms. The highest BCUT2D eigenvalue weighted by Gasteiger charge is 2.32. The highest BCUT2D eigenvalue weighted by Crippen LogP contribution is 2.21. The zero-order valence-electron chi connectivity index (χ0n) is 9.83. The first kappa shape index (κ1) is 14.8. The lowest BCUT2D eigenvalue weighted by Gasteiger charge is -2.12. The second-order valence-corrected chi connectivity index (χ2v) is 6.11. The van der Waals surface area contributed by atoms with Crippen LogP contribution in [0.4, 0.5) is 5.69 Å². The first-order valence-corrected chi connectivity index (χ1v) is 7.52. The molecule has 0 aliphatic heterocycles. The maximum absolute atomic E-state index is 12.1. The zero-order valence-corrected chi connectivity index (χ0v) is 11.5. The standard InChI is InChI=1S/C11H15NO4S2/c1-2-12-8-4-3-5-9(6-8)18(15,16)10(7-17)11(13)14/h3-6,10,12,17H,2,7H2,1H3,(H,13,14). The first-order chi connectivity index (χ1) is 8.43. The van der Waals surface area contributed by atoms with Crippen LogP contribution in [0.2, 0.25) is 0 Å². The van der Waals surface area contributed by atoms with Crippen molar-refractivity contribution in [3.8, 4) is 0 Å². The molecule has 0 aliphatic carbocycles. The number of carboxylic acid groups (broad SMARTS) is 1. The summed E-state index contributed by atoms with van der Waals surface area (Å²) < 4.78 is 24.2. The molecular weight excluding hydrogens is 274 g/mol. The van der Waals surface area contributed by atoms with Crippen LogP contribution in [0.5, 0.6) is 0 Å². The Bertz CT molecular complexity index is 528. The van der Waals surface area contributed by atoms with Crippen molar-refractivity contribution in [2.75, 3.05) is 17.6 Å². The quantitative estimate of drug-likeness (QED) is 0.687. The monoisotopic (exact) mass is 289 g/mol. The van der Waals surface area contributed by atoms with E-state index in [-0.39, 0.29) is 10.6 Å². The largest absolute Gasteiger partial charge is 0.480 e. The van der Waals surface area contributed by atoms with Gasteiger partial charge in [-0.05, 0) is 25.1 Å². The molecule has 0 saturated heterocycles. The number of nitrogens with one attached hydrogen (secondary N) is 1. The van der Waals surface area contributed by atoms with Crippen LogP contribution in [0, 0.1) is 0 Å². The number of hydrogen-bond acceptors (Lipinski definition) is 5. The average molecular weight is 289 g/mol. The van der Waals surface area contributed by atoms with Gasteiger partial charge in [0, 0.05) is 18.0 Å². The number of rotatable bonds is 6. The van der Waals surface area contributed by atoms with Gasteiger partial charge in [0.15, 0.2) is 15.1 Å². The molecule has 0 amide bonds. The van der Waals surface area contributed by atoms with Crippen molar-refractivity contribution in [2.24, 2.45) is 0 Å². The van der Waals surface area contributed by atoms with E-state index in [2.05, 4.69) is 17.9 Å². The van der Waals surface area contributed by atoms with E-state index >= 15 is 0 Å². The molecular formula is C11H15NO4S2. The Kier molecular flexibility index (Phi) is 5.03. The van der Waals surface area contributed by atoms with E-state index in [4.69, 9.17) is 5.11 Å². The number of hydrogen-bond donors (Lipinski definition) is 3. The van der Waals surface area contributed by atoms with Crippen molar-refractivity contribution in [3.05, 3.63) is 24.3 Å². The summed E-state index contributed by atoms with van der Waals surface area (Å²) in [5.41, 5.74) is 0.641. The van der Waals surface area contributed by atoms with Crippen molar-refractivity contribution in [1.29, 1.82) is 0 Å². The van der Waals surface area contributed by atoms with Gasteiger partial charge in [0.05, 0.1) is 4.90 Å². The van der Waals surface area contributed by atoms with E-state index in [9.17, 15) is 13.2 Å². The molecule has 2 N–H and O–H groups in total. The molecule has 0 aliphatic rings. The lowest BCUT2D eigenvalue weighted by atomic mass is 10.3. The summed E-state index contributed by atoms with van der Waals surface area (Å²) in [7, 11) is -3.91. The molecule has 0 bridgehead atoms. The molecule has 0 heterocycles. The third-order valence-corrected chi connectivity index (χ3v) is 5.00. The summed E-state index contributed by atoms with van der Waals surface area (Å²) in [5.74, 6) is -1.65. The minimum atomic E-state index is -3.91. The molecule has 100 valence electrons. The summed E-state index contributed by atoms with van der Waals surface area (Å²) >= 11 is 3.79. The fourth-order valence-corrected chi connectivity index (χ4v) is 3.56. The summed E-state index contributed by atoms with van der Waals surface area (Å²) in [4.78, 5) is 10.9. The van der Waals surface area contributed by atoms with Gasteiger partial charge in [-0.3, -0.25) is 4.79 Å². The van der Waals surface area contributed by atoms with Crippen molar-refractivity contribution in [1.82, 2.24) is 0 Å². The predicted molar refractivity (Wildman–Crippen MR) is 73.1 cm³/mol. The van der Waals surface area contributed by atoms with E-state index in [1.807, 2.05) is 6.92 Å². The second kappa shape index (κ2) is 6.10. The van der Waals surface area contributed by atoms with Crippen LogP contribution in [0.1, 0.15) is 6.92 Å². The molecule has 0 saturated carbocycles. The molecule has 1 rings (SSSR count). The lowest BCUT2D eigenvalue weighted by Crippen LogP contribution is -2.31. The van der Waals surface area contributed by atoms with E-state index in [1.54, 1.807) is 12.1 Å². The van der Waals surface area contributed by atoms with Crippen LogP contribution in [-0.4, -0.2) is 37.0 Å². The fourth-order valence-electron chi connectivity index (χ4n) is 1.46. The molecule has 18 heavy (non-hydrogen) atoms. The van der Waals surface area contributed by atoms with E-state index < -0.39 is 21.1 Å². The molecule has 1 aromatic carbocycles. The van der Waals surface area contributed by atoms with Crippen LogP contribution in [0.3, 0.4) is 0 Å². The molecule has 5 nitrogen and oxygen atoms in total. The van der Waals surface area contributed by atoms with E-state index in [1.165, 1.54) is 12.1 Å². The van der Waals surface area contributed by atoms with Gasteiger partial charge >= 0.3 is 5.97 Å². The summed E-state index contributed by atoms with van der Waals surface area (Å²) in [6.45, 7) is 2.54. The molecule has 7 heteroatoms. The van der Waals surface area contributed by atoms with Crippen molar-refractivity contribution >= 4 is 34.1 Å². The topological polar surface area (TPSA) is 83.5 Å². The Hall–Kier alpha value is -1.21. The van der Waals surface area contributed by atoms with E-state index in [0.29, 0.717) is 12.2 Å². The van der Waals surface area contributed by atoms with Crippen LogP contribution in [0.15, 0.2) is 29.2 Å². The van der Waals surface area contributed by atoms with Gasteiger partial charge in [0.2, 0.25) is 0 Å². The number of sulfone groups is 1. The third kappa shape index (κ3) is 3.17. The number of carboxylic acids is 1. The lowest BCUT2D eigenvalue weighted by molar-refractivity contribution is -0.136. The third-order valence-electron chi connectivity index (χ3n) is 2.36. The number of benzene rings is 1. The minimum Gasteiger partial charge on any atom is -0.480 e. The Morgan fingerprint density at radius 1 is 1.50 bits per heavy atom. The maximum atomic E-state index is 12.1. The maximum Gasteiger partial charge on any atom is 0.323 e. The molecule has 1 aromatic rings. The molecule has 1 unspecified atom stereocenters. The minimum absolute atomic E-state index is 0.0117. The number of thiol groups is 1. The Morgan fingerprint density at radius 2 is 2.17 bits per heavy atom. The average Bonchev–Trinajstić information content (AvgIpc) is 2.29. The van der Waals surface area contributed by atoms with Gasteiger partial charge < -0.3 is 10.4 Å². The van der Waals surface area contributed by atoms with E-state index in [0.717, 1.165) is 0 Å². The molecule has 0 fully saturated rings. The van der Waals surface area contributed by atoms with Crippen LogP contribution >= 0.6 is 12.6 Å². The van der Waals surface area contributed by atoms with Gasteiger partial charge in [-0.25, -0.2) is 8.42 Å². The van der Waals surface area contributed by atoms with Crippen LogP contribution in [0.25, 0.3) is 0 Å². The highest BCUT2D eigenvalue weighted by molar-refractivity contribution is 7.94. The number of anilines is 1. The Balaban J connectivity index is 3.19. The van der Waals surface area contributed by atoms with Gasteiger partial charge in [-0.1, -0.05) is 6.07 Å². The van der Waals surface area contributed by atoms with Crippen LogP contribution < -0.4 is 5.32 Å². The predicted octanol–water partition coefficient (Wildman–Crippen LogP) is 1.28. The summed E-state index contributed by atoms with van der Waals surface area (Å²) in [6.07, 6.45) is 0. The summed E-state index contributed by atoms with van der Waals surface area (Å²) in [5, 5.41) is 10.3. The SMILES string of the molecule is CCNc1cccc(S(=O)(=O)C(CS)C(=O)O)c1. The van der Waals surface area contributed by atoms with Crippen molar-refractivity contribution in [3.63, 3.8) is 0 Å². The smallest absolute Gasteiger partial charge is 0.323 e. The number of aliphatic carboxylic acids is 1. The summed E-state index contributed by atoms with van der Waals surface area (Å²) in [6, 6.07) is 6.11. The Labute approximate surface area is 112 Å². The van der Waals surface area contributed by atoms with Gasteiger partial charge in [0.25, 0.3) is 0 Å².